The van der Waals surface area contributed by atoms with Crippen LogP contribution in [0, 0.1) is 17.2 Å². The van der Waals surface area contributed by atoms with Crippen molar-refractivity contribution in [3.63, 3.8) is 0 Å². The van der Waals surface area contributed by atoms with Gasteiger partial charge in [-0.15, -0.1) is 0 Å². The largest absolute Gasteiger partial charge is 0.337 e. The quantitative estimate of drug-likeness (QED) is 0.771. The SMILES string of the molecule is N#CCCN(Cc1cccnc1)C(=O)CCC1CCCCC1. The van der Waals surface area contributed by atoms with E-state index in [0.717, 1.165) is 12.0 Å². The van der Waals surface area contributed by atoms with E-state index in [1.165, 1.54) is 32.1 Å². The number of hydrogen-bond acceptors (Lipinski definition) is 3. The van der Waals surface area contributed by atoms with Crippen molar-refractivity contribution in [3.8, 4) is 6.07 Å². The van der Waals surface area contributed by atoms with Crippen LogP contribution >= 0.6 is 0 Å². The minimum absolute atomic E-state index is 0.171. The predicted molar refractivity (Wildman–Crippen MR) is 85.7 cm³/mol. The van der Waals surface area contributed by atoms with E-state index in [2.05, 4.69) is 11.1 Å². The van der Waals surface area contributed by atoms with E-state index in [1.807, 2.05) is 17.0 Å². The van der Waals surface area contributed by atoms with Crippen LogP contribution in [0.4, 0.5) is 0 Å². The van der Waals surface area contributed by atoms with Crippen LogP contribution in [0.25, 0.3) is 0 Å². The van der Waals surface area contributed by atoms with Crippen LogP contribution in [0.3, 0.4) is 0 Å². The van der Waals surface area contributed by atoms with Crippen molar-refractivity contribution in [3.05, 3.63) is 30.1 Å². The zero-order valence-electron chi connectivity index (χ0n) is 13.2. The van der Waals surface area contributed by atoms with Gasteiger partial charge in [0.15, 0.2) is 0 Å². The first-order valence-corrected chi connectivity index (χ1v) is 8.33. The van der Waals surface area contributed by atoms with Crippen LogP contribution < -0.4 is 0 Å². The number of nitrogens with zero attached hydrogens (tertiary/aromatic N) is 3. The maximum absolute atomic E-state index is 12.5. The number of hydrogen-bond donors (Lipinski definition) is 0. The Morgan fingerprint density at radius 3 is 2.86 bits per heavy atom. The fraction of sp³-hybridized carbons (Fsp3) is 0.611. The highest BCUT2D eigenvalue weighted by atomic mass is 16.2. The van der Waals surface area contributed by atoms with E-state index in [1.54, 1.807) is 12.4 Å². The fourth-order valence-corrected chi connectivity index (χ4v) is 3.15. The van der Waals surface area contributed by atoms with Gasteiger partial charge in [0.1, 0.15) is 0 Å². The molecule has 0 radical (unpaired) electrons. The first-order valence-electron chi connectivity index (χ1n) is 8.33. The third-order valence-electron chi connectivity index (χ3n) is 4.43. The third-order valence-corrected chi connectivity index (χ3v) is 4.43. The smallest absolute Gasteiger partial charge is 0.222 e. The zero-order valence-corrected chi connectivity index (χ0v) is 13.2. The molecule has 1 aromatic rings. The minimum atomic E-state index is 0.171. The minimum Gasteiger partial charge on any atom is -0.337 e. The molecule has 1 saturated carbocycles. The summed E-state index contributed by atoms with van der Waals surface area (Å²) in [7, 11) is 0. The van der Waals surface area contributed by atoms with E-state index in [0.29, 0.717) is 31.8 Å². The van der Waals surface area contributed by atoms with Gasteiger partial charge in [0.2, 0.25) is 5.91 Å². The Labute approximate surface area is 133 Å². The molecule has 4 heteroatoms. The van der Waals surface area contributed by atoms with Crippen molar-refractivity contribution in [2.75, 3.05) is 6.54 Å². The molecule has 1 aliphatic rings. The summed E-state index contributed by atoms with van der Waals surface area (Å²) < 4.78 is 0. The van der Waals surface area contributed by atoms with Gasteiger partial charge >= 0.3 is 0 Å². The number of carbonyl (C=O) groups excluding carboxylic acids is 1. The van der Waals surface area contributed by atoms with E-state index >= 15 is 0 Å². The summed E-state index contributed by atoms with van der Waals surface area (Å²) >= 11 is 0. The molecule has 0 aromatic carbocycles. The molecule has 0 saturated heterocycles. The highest BCUT2D eigenvalue weighted by molar-refractivity contribution is 5.76. The topological polar surface area (TPSA) is 57.0 Å². The maximum Gasteiger partial charge on any atom is 0.222 e. The molecule has 0 N–H and O–H groups in total. The molecule has 1 aromatic heterocycles. The molecule has 118 valence electrons. The Balaban J connectivity index is 1.86. The second-order valence-corrected chi connectivity index (χ2v) is 6.13. The van der Waals surface area contributed by atoms with E-state index in [-0.39, 0.29) is 5.91 Å². The Morgan fingerprint density at radius 1 is 1.36 bits per heavy atom. The van der Waals surface area contributed by atoms with E-state index in [4.69, 9.17) is 5.26 Å². The summed E-state index contributed by atoms with van der Waals surface area (Å²) in [5.41, 5.74) is 1.02. The first-order chi connectivity index (χ1) is 10.8. The van der Waals surface area contributed by atoms with Crippen molar-refractivity contribution < 1.29 is 4.79 Å². The average Bonchev–Trinajstić information content (AvgIpc) is 2.58. The molecule has 1 amide bonds. The van der Waals surface area contributed by atoms with Gasteiger partial charge in [0.05, 0.1) is 12.5 Å². The molecule has 0 bridgehead atoms. The van der Waals surface area contributed by atoms with Gasteiger partial charge in [-0.05, 0) is 24.0 Å². The van der Waals surface area contributed by atoms with Crippen LogP contribution in [0.1, 0.15) is 56.9 Å². The number of pyridine rings is 1. The lowest BCUT2D eigenvalue weighted by Gasteiger charge is -2.25. The van der Waals surface area contributed by atoms with E-state index < -0.39 is 0 Å². The molecule has 1 heterocycles. The predicted octanol–water partition coefficient (Wildman–Crippen LogP) is 3.68. The molecule has 1 fully saturated rings. The fourth-order valence-electron chi connectivity index (χ4n) is 3.15. The number of carbonyl (C=O) groups is 1. The van der Waals surface area contributed by atoms with Crippen LogP contribution in [0.15, 0.2) is 24.5 Å². The molecule has 0 spiro atoms. The van der Waals surface area contributed by atoms with Crippen molar-refractivity contribution in [2.45, 2.75) is 57.9 Å². The van der Waals surface area contributed by atoms with Crippen LogP contribution in [-0.4, -0.2) is 22.3 Å². The van der Waals surface area contributed by atoms with Gasteiger partial charge in [-0.3, -0.25) is 9.78 Å². The average molecular weight is 299 g/mol. The van der Waals surface area contributed by atoms with Gasteiger partial charge in [-0.2, -0.15) is 5.26 Å². The van der Waals surface area contributed by atoms with Crippen LogP contribution in [0.5, 0.6) is 0 Å². The van der Waals surface area contributed by atoms with Gasteiger partial charge in [-0.25, -0.2) is 0 Å². The summed E-state index contributed by atoms with van der Waals surface area (Å²) in [5, 5.41) is 8.80. The van der Waals surface area contributed by atoms with Crippen molar-refractivity contribution in [1.82, 2.24) is 9.88 Å². The Morgan fingerprint density at radius 2 is 2.18 bits per heavy atom. The van der Waals surface area contributed by atoms with E-state index in [9.17, 15) is 4.79 Å². The standard InChI is InChI=1S/C18H25N3O/c19-11-5-13-21(15-17-8-4-12-20-14-17)18(22)10-9-16-6-2-1-3-7-16/h4,8,12,14,16H,1-3,5-7,9-10,13,15H2. The lowest BCUT2D eigenvalue weighted by atomic mass is 9.86. The van der Waals surface area contributed by atoms with Crippen LogP contribution in [-0.2, 0) is 11.3 Å². The maximum atomic E-state index is 12.5. The zero-order chi connectivity index (χ0) is 15.6. The van der Waals surface area contributed by atoms with Crippen molar-refractivity contribution >= 4 is 5.91 Å². The van der Waals surface area contributed by atoms with Crippen molar-refractivity contribution in [2.24, 2.45) is 5.92 Å². The summed E-state index contributed by atoms with van der Waals surface area (Å²) in [4.78, 5) is 18.4. The van der Waals surface area contributed by atoms with Gasteiger partial charge < -0.3 is 4.90 Å². The molecule has 4 nitrogen and oxygen atoms in total. The number of nitriles is 1. The third kappa shape index (κ3) is 5.48. The number of rotatable bonds is 7. The summed E-state index contributed by atoms with van der Waals surface area (Å²) in [5.74, 6) is 0.888. The lowest BCUT2D eigenvalue weighted by Crippen LogP contribution is -2.31. The molecule has 0 atom stereocenters. The first kappa shape index (κ1) is 16.5. The Kier molecular flexibility index (Phi) is 6.89. The summed E-state index contributed by atoms with van der Waals surface area (Å²) in [6.07, 6.45) is 12.0. The molecule has 1 aliphatic carbocycles. The Hall–Kier alpha value is -1.89. The second-order valence-electron chi connectivity index (χ2n) is 6.13. The molecular weight excluding hydrogens is 274 g/mol. The lowest BCUT2D eigenvalue weighted by molar-refractivity contribution is -0.132. The molecule has 0 aliphatic heterocycles. The van der Waals surface area contributed by atoms with Gasteiger partial charge in [-0.1, -0.05) is 38.2 Å². The Bertz CT molecular complexity index is 489. The molecule has 22 heavy (non-hydrogen) atoms. The number of amides is 1. The van der Waals surface area contributed by atoms with Gasteiger partial charge in [0, 0.05) is 31.9 Å². The number of aromatic nitrogens is 1. The summed E-state index contributed by atoms with van der Waals surface area (Å²) in [6.45, 7) is 1.06. The molecule has 0 unspecified atom stereocenters. The molecular formula is C18H25N3O. The highest BCUT2D eigenvalue weighted by Crippen LogP contribution is 2.27. The normalized spacial score (nSPS) is 15.2. The monoisotopic (exact) mass is 299 g/mol. The highest BCUT2D eigenvalue weighted by Gasteiger charge is 2.18. The second kappa shape index (κ2) is 9.19. The summed E-state index contributed by atoms with van der Waals surface area (Å²) in [6, 6.07) is 5.99. The molecule has 2 rings (SSSR count). The van der Waals surface area contributed by atoms with Crippen molar-refractivity contribution in [1.29, 1.82) is 5.26 Å². The van der Waals surface area contributed by atoms with Crippen LogP contribution in [0.2, 0.25) is 0 Å². The van der Waals surface area contributed by atoms with Gasteiger partial charge in [0.25, 0.3) is 0 Å².